The van der Waals surface area contributed by atoms with E-state index in [9.17, 15) is 19.7 Å². The predicted molar refractivity (Wildman–Crippen MR) is 102 cm³/mol. The molecule has 0 spiro atoms. The van der Waals surface area contributed by atoms with E-state index in [4.69, 9.17) is 4.74 Å². The highest BCUT2D eigenvalue weighted by molar-refractivity contribution is 6.04. The first-order chi connectivity index (χ1) is 13.0. The Kier molecular flexibility index (Phi) is 7.49. The number of amides is 1. The highest BCUT2D eigenvalue weighted by Crippen LogP contribution is 2.15. The van der Waals surface area contributed by atoms with Crippen LogP contribution in [0.5, 0.6) is 0 Å². The van der Waals surface area contributed by atoms with Gasteiger partial charge < -0.3 is 10.1 Å². The second-order valence-electron chi connectivity index (χ2n) is 6.03. The van der Waals surface area contributed by atoms with Crippen LogP contribution < -0.4 is 5.32 Å². The fourth-order valence-corrected chi connectivity index (χ4v) is 2.40. The van der Waals surface area contributed by atoms with Crippen LogP contribution in [0.15, 0.2) is 48.5 Å². The zero-order chi connectivity index (χ0) is 19.6. The van der Waals surface area contributed by atoms with E-state index in [1.165, 1.54) is 24.3 Å². The molecule has 2 aromatic rings. The van der Waals surface area contributed by atoms with Gasteiger partial charge in [0.2, 0.25) is 0 Å². The number of carbonyl (C=O) groups is 2. The SMILES string of the molecule is CCCCCCOC(=O)c1ccc(NC(=O)c2ccc([N+](=O)[O-])cc2)cc1. The lowest BCUT2D eigenvalue weighted by atomic mass is 10.1. The number of rotatable bonds is 9. The molecule has 0 heterocycles. The largest absolute Gasteiger partial charge is 0.462 e. The van der Waals surface area contributed by atoms with Crippen LogP contribution in [-0.4, -0.2) is 23.4 Å². The van der Waals surface area contributed by atoms with E-state index >= 15 is 0 Å². The van der Waals surface area contributed by atoms with Gasteiger partial charge in [-0.25, -0.2) is 4.79 Å². The first-order valence-electron chi connectivity index (χ1n) is 8.84. The van der Waals surface area contributed by atoms with Gasteiger partial charge in [0.05, 0.1) is 17.1 Å². The van der Waals surface area contributed by atoms with Crippen LogP contribution in [0, 0.1) is 10.1 Å². The van der Waals surface area contributed by atoms with Crippen molar-refractivity contribution in [3.8, 4) is 0 Å². The number of ether oxygens (including phenoxy) is 1. The summed E-state index contributed by atoms with van der Waals surface area (Å²) in [6.45, 7) is 2.52. The molecule has 0 unspecified atom stereocenters. The summed E-state index contributed by atoms with van der Waals surface area (Å²) in [7, 11) is 0. The molecule has 7 nitrogen and oxygen atoms in total. The third kappa shape index (κ3) is 6.22. The number of hydrogen-bond donors (Lipinski definition) is 1. The van der Waals surface area contributed by atoms with Gasteiger partial charge in [-0.15, -0.1) is 0 Å². The van der Waals surface area contributed by atoms with E-state index in [0.29, 0.717) is 23.4 Å². The molecule has 0 aliphatic rings. The zero-order valence-electron chi connectivity index (χ0n) is 15.1. The summed E-state index contributed by atoms with van der Waals surface area (Å²) in [4.78, 5) is 34.2. The Hall–Kier alpha value is -3.22. The third-order valence-electron chi connectivity index (χ3n) is 3.95. The number of non-ortho nitro benzene ring substituents is 1. The molecule has 0 atom stereocenters. The number of nitro benzene ring substituents is 1. The van der Waals surface area contributed by atoms with Crippen LogP contribution in [-0.2, 0) is 4.74 Å². The minimum absolute atomic E-state index is 0.0795. The van der Waals surface area contributed by atoms with Crippen LogP contribution in [0.2, 0.25) is 0 Å². The number of hydrogen-bond acceptors (Lipinski definition) is 5. The molecule has 2 aromatic carbocycles. The van der Waals surface area contributed by atoms with Crippen molar-refractivity contribution in [3.05, 3.63) is 69.8 Å². The number of carbonyl (C=O) groups excluding carboxylic acids is 2. The van der Waals surface area contributed by atoms with Gasteiger partial charge in [0.15, 0.2) is 0 Å². The molecule has 0 aliphatic heterocycles. The van der Waals surface area contributed by atoms with Gasteiger partial charge in [0.25, 0.3) is 11.6 Å². The molecule has 7 heteroatoms. The Labute approximate surface area is 157 Å². The molecule has 2 rings (SSSR count). The smallest absolute Gasteiger partial charge is 0.338 e. The van der Waals surface area contributed by atoms with E-state index in [-0.39, 0.29) is 11.7 Å². The van der Waals surface area contributed by atoms with Crippen molar-refractivity contribution in [2.45, 2.75) is 32.6 Å². The van der Waals surface area contributed by atoms with Crippen molar-refractivity contribution in [1.29, 1.82) is 0 Å². The molecule has 0 saturated heterocycles. The first-order valence-corrected chi connectivity index (χ1v) is 8.84. The Morgan fingerprint density at radius 1 is 0.963 bits per heavy atom. The van der Waals surface area contributed by atoms with Crippen molar-refractivity contribution in [2.24, 2.45) is 0 Å². The van der Waals surface area contributed by atoms with Gasteiger partial charge in [0, 0.05) is 23.4 Å². The fourth-order valence-electron chi connectivity index (χ4n) is 2.40. The Morgan fingerprint density at radius 3 is 2.19 bits per heavy atom. The average molecular weight is 370 g/mol. The summed E-state index contributed by atoms with van der Waals surface area (Å²) in [5.74, 6) is -0.782. The minimum atomic E-state index is -0.525. The maximum absolute atomic E-state index is 12.2. The number of nitrogens with zero attached hydrogens (tertiary/aromatic N) is 1. The van der Waals surface area contributed by atoms with Crippen molar-refractivity contribution in [2.75, 3.05) is 11.9 Å². The third-order valence-corrected chi connectivity index (χ3v) is 3.95. The zero-order valence-corrected chi connectivity index (χ0v) is 15.1. The van der Waals surface area contributed by atoms with Gasteiger partial charge in [-0.1, -0.05) is 26.2 Å². The van der Waals surface area contributed by atoms with Crippen molar-refractivity contribution < 1.29 is 19.2 Å². The molecule has 0 saturated carbocycles. The molecule has 1 amide bonds. The molecule has 0 bridgehead atoms. The van der Waals surface area contributed by atoms with Gasteiger partial charge in [0.1, 0.15) is 0 Å². The van der Waals surface area contributed by atoms with Crippen molar-refractivity contribution >= 4 is 23.3 Å². The standard InChI is InChI=1S/C20H22N2O5/c1-2-3-4-5-14-27-20(24)16-6-10-17(11-7-16)21-19(23)15-8-12-18(13-9-15)22(25)26/h6-13H,2-5,14H2,1H3,(H,21,23). The molecule has 27 heavy (non-hydrogen) atoms. The summed E-state index contributed by atoms with van der Waals surface area (Å²) in [5, 5.41) is 13.3. The summed E-state index contributed by atoms with van der Waals surface area (Å²) < 4.78 is 5.21. The second kappa shape index (κ2) is 10.1. The maximum atomic E-state index is 12.2. The number of anilines is 1. The van der Waals surface area contributed by atoms with Crippen LogP contribution >= 0.6 is 0 Å². The maximum Gasteiger partial charge on any atom is 0.338 e. The first kappa shape index (κ1) is 20.1. The molecule has 1 N–H and O–H groups in total. The summed E-state index contributed by atoms with van der Waals surface area (Å²) in [5.41, 5.74) is 1.15. The highest BCUT2D eigenvalue weighted by atomic mass is 16.6. The summed E-state index contributed by atoms with van der Waals surface area (Å²) in [6, 6.07) is 11.7. The lowest BCUT2D eigenvalue weighted by molar-refractivity contribution is -0.384. The Morgan fingerprint density at radius 2 is 1.59 bits per heavy atom. The molecule has 0 aliphatic carbocycles. The van der Waals surface area contributed by atoms with E-state index in [0.717, 1.165) is 25.7 Å². The quantitative estimate of drug-likeness (QED) is 0.301. The molecule has 142 valence electrons. The summed E-state index contributed by atoms with van der Waals surface area (Å²) >= 11 is 0. The lowest BCUT2D eigenvalue weighted by Gasteiger charge is -2.07. The molecular weight excluding hydrogens is 348 g/mol. The van der Waals surface area contributed by atoms with E-state index in [1.807, 2.05) is 0 Å². The van der Waals surface area contributed by atoms with Crippen molar-refractivity contribution in [3.63, 3.8) is 0 Å². The van der Waals surface area contributed by atoms with Crippen LogP contribution in [0.1, 0.15) is 53.3 Å². The van der Waals surface area contributed by atoms with Gasteiger partial charge in [-0.05, 0) is 42.8 Å². The van der Waals surface area contributed by atoms with Crippen LogP contribution in [0.3, 0.4) is 0 Å². The molecular formula is C20H22N2O5. The summed E-state index contributed by atoms with van der Waals surface area (Å²) in [6.07, 6.45) is 4.14. The second-order valence-corrected chi connectivity index (χ2v) is 6.03. The van der Waals surface area contributed by atoms with Crippen LogP contribution in [0.25, 0.3) is 0 Å². The Bertz CT molecular complexity index is 785. The molecule has 0 fully saturated rings. The number of unbranched alkanes of at least 4 members (excludes halogenated alkanes) is 3. The Balaban J connectivity index is 1.88. The number of nitrogens with one attached hydrogen (secondary N) is 1. The number of benzene rings is 2. The fraction of sp³-hybridized carbons (Fsp3) is 0.300. The normalized spacial score (nSPS) is 10.3. The monoisotopic (exact) mass is 370 g/mol. The van der Waals surface area contributed by atoms with E-state index in [1.54, 1.807) is 24.3 Å². The highest BCUT2D eigenvalue weighted by Gasteiger charge is 2.11. The van der Waals surface area contributed by atoms with E-state index in [2.05, 4.69) is 12.2 Å². The van der Waals surface area contributed by atoms with Crippen LogP contribution in [0.4, 0.5) is 11.4 Å². The van der Waals surface area contributed by atoms with Crippen molar-refractivity contribution in [1.82, 2.24) is 0 Å². The lowest BCUT2D eigenvalue weighted by Crippen LogP contribution is -2.12. The van der Waals surface area contributed by atoms with Gasteiger partial charge in [-0.2, -0.15) is 0 Å². The predicted octanol–water partition coefficient (Wildman–Crippen LogP) is 4.58. The minimum Gasteiger partial charge on any atom is -0.462 e. The molecule has 0 aromatic heterocycles. The van der Waals surface area contributed by atoms with E-state index < -0.39 is 10.8 Å². The molecule has 0 radical (unpaired) electrons. The average Bonchev–Trinajstić information content (AvgIpc) is 2.68. The number of nitro groups is 1. The topological polar surface area (TPSA) is 98.5 Å². The van der Waals surface area contributed by atoms with Gasteiger partial charge >= 0.3 is 5.97 Å². The number of esters is 1. The van der Waals surface area contributed by atoms with Gasteiger partial charge in [-0.3, -0.25) is 14.9 Å².